The Balaban J connectivity index is 1.61. The predicted molar refractivity (Wildman–Crippen MR) is 102 cm³/mol. The van der Waals surface area contributed by atoms with Gasteiger partial charge < -0.3 is 5.32 Å². The molecule has 0 unspecified atom stereocenters. The van der Waals surface area contributed by atoms with Crippen molar-refractivity contribution in [2.45, 2.75) is 13.0 Å². The van der Waals surface area contributed by atoms with Gasteiger partial charge >= 0.3 is 0 Å². The zero-order chi connectivity index (χ0) is 18.5. The molecule has 0 spiro atoms. The second kappa shape index (κ2) is 8.07. The molecule has 0 bridgehead atoms. The van der Waals surface area contributed by atoms with Crippen LogP contribution in [0.3, 0.4) is 0 Å². The van der Waals surface area contributed by atoms with Gasteiger partial charge in [0.2, 0.25) is 11.0 Å². The summed E-state index contributed by atoms with van der Waals surface area (Å²) in [5.74, 6) is -0.680. The van der Waals surface area contributed by atoms with Crippen molar-refractivity contribution >= 4 is 39.9 Å². The number of amides is 2. The zero-order valence-electron chi connectivity index (χ0n) is 13.8. The molecule has 8 heteroatoms. The van der Waals surface area contributed by atoms with Crippen molar-refractivity contribution in [3.05, 3.63) is 65.2 Å². The summed E-state index contributed by atoms with van der Waals surface area (Å²) in [5, 5.41) is 15.0. The Bertz CT molecular complexity index is 912. The Labute approximate surface area is 159 Å². The summed E-state index contributed by atoms with van der Waals surface area (Å²) in [6.07, 6.45) is 0. The van der Waals surface area contributed by atoms with Crippen LogP contribution >= 0.6 is 22.9 Å². The molecule has 0 aliphatic carbocycles. The van der Waals surface area contributed by atoms with Crippen LogP contribution in [-0.2, 0) is 4.79 Å². The van der Waals surface area contributed by atoms with E-state index < -0.39 is 6.04 Å². The van der Waals surface area contributed by atoms with Crippen LogP contribution in [-0.4, -0.2) is 28.1 Å². The average Bonchev–Trinajstić information content (AvgIpc) is 3.11. The standard InChI is InChI=1S/C18H15ClN4O2S/c1-11(20-16(25)12-5-3-2-4-6-12)15(24)21-18-23-22-17(26-18)13-7-9-14(19)10-8-13/h2-11H,1H3,(H,20,25)(H,21,23,24)/t11-/m1/s1. The van der Waals surface area contributed by atoms with Crippen molar-refractivity contribution in [3.8, 4) is 10.6 Å². The van der Waals surface area contributed by atoms with Crippen molar-refractivity contribution in [3.63, 3.8) is 0 Å². The molecule has 0 saturated carbocycles. The molecule has 1 heterocycles. The molecule has 3 rings (SSSR count). The molecule has 0 aliphatic heterocycles. The van der Waals surface area contributed by atoms with E-state index in [0.29, 0.717) is 20.7 Å². The highest BCUT2D eigenvalue weighted by molar-refractivity contribution is 7.18. The molecule has 26 heavy (non-hydrogen) atoms. The van der Waals surface area contributed by atoms with Crippen LogP contribution in [0.5, 0.6) is 0 Å². The van der Waals surface area contributed by atoms with Crippen molar-refractivity contribution in [1.29, 1.82) is 0 Å². The fourth-order valence-corrected chi connectivity index (χ4v) is 3.01. The molecule has 1 atom stereocenters. The highest BCUT2D eigenvalue weighted by Crippen LogP contribution is 2.27. The number of carbonyl (C=O) groups is 2. The predicted octanol–water partition coefficient (Wildman–Crippen LogP) is 3.62. The van der Waals surface area contributed by atoms with Crippen molar-refractivity contribution in [2.75, 3.05) is 5.32 Å². The SMILES string of the molecule is C[C@@H](NC(=O)c1ccccc1)C(=O)Nc1nnc(-c2ccc(Cl)cc2)s1. The second-order valence-corrected chi connectivity index (χ2v) is 6.88. The van der Waals surface area contributed by atoms with Gasteiger partial charge in [0, 0.05) is 16.1 Å². The Kier molecular flexibility index (Phi) is 5.60. The number of carbonyl (C=O) groups excluding carboxylic acids is 2. The van der Waals surface area contributed by atoms with E-state index in [1.807, 2.05) is 18.2 Å². The summed E-state index contributed by atoms with van der Waals surface area (Å²) < 4.78 is 0. The largest absolute Gasteiger partial charge is 0.341 e. The van der Waals surface area contributed by atoms with Gasteiger partial charge in [-0.25, -0.2) is 0 Å². The van der Waals surface area contributed by atoms with Gasteiger partial charge in [-0.1, -0.05) is 53.3 Å². The third-order valence-corrected chi connectivity index (χ3v) is 4.66. The molecule has 0 fully saturated rings. The minimum Gasteiger partial charge on any atom is -0.341 e. The molecule has 0 saturated heterocycles. The fraction of sp³-hybridized carbons (Fsp3) is 0.111. The van der Waals surface area contributed by atoms with Crippen LogP contribution in [0.15, 0.2) is 54.6 Å². The van der Waals surface area contributed by atoms with Crippen LogP contribution in [0.1, 0.15) is 17.3 Å². The average molecular weight is 387 g/mol. The van der Waals surface area contributed by atoms with Gasteiger partial charge in [0.15, 0.2) is 0 Å². The number of nitrogens with one attached hydrogen (secondary N) is 2. The Morgan fingerprint density at radius 2 is 1.73 bits per heavy atom. The minimum atomic E-state index is -0.717. The van der Waals surface area contributed by atoms with Gasteiger partial charge in [-0.3, -0.25) is 14.9 Å². The van der Waals surface area contributed by atoms with E-state index in [0.717, 1.165) is 5.56 Å². The molecule has 6 nitrogen and oxygen atoms in total. The van der Waals surface area contributed by atoms with Crippen molar-refractivity contribution in [1.82, 2.24) is 15.5 Å². The topological polar surface area (TPSA) is 84.0 Å². The summed E-state index contributed by atoms with van der Waals surface area (Å²) in [5.41, 5.74) is 1.35. The van der Waals surface area contributed by atoms with E-state index in [4.69, 9.17) is 11.6 Å². The van der Waals surface area contributed by atoms with Crippen LogP contribution in [0, 0.1) is 0 Å². The second-order valence-electron chi connectivity index (χ2n) is 5.47. The van der Waals surface area contributed by atoms with Gasteiger partial charge in [0.1, 0.15) is 11.0 Å². The maximum Gasteiger partial charge on any atom is 0.251 e. The Morgan fingerprint density at radius 1 is 1.04 bits per heavy atom. The maximum absolute atomic E-state index is 12.3. The number of aromatic nitrogens is 2. The summed E-state index contributed by atoms with van der Waals surface area (Å²) in [6, 6.07) is 15.2. The molecular formula is C18H15ClN4O2S. The third kappa shape index (κ3) is 4.44. The molecule has 2 aromatic carbocycles. The fourth-order valence-electron chi connectivity index (χ4n) is 2.13. The summed E-state index contributed by atoms with van der Waals surface area (Å²) in [4.78, 5) is 24.4. The molecule has 2 amide bonds. The van der Waals surface area contributed by atoms with E-state index in [1.165, 1.54) is 11.3 Å². The minimum absolute atomic E-state index is 0.313. The van der Waals surface area contributed by atoms with Gasteiger partial charge in [-0.2, -0.15) is 0 Å². The number of anilines is 1. The monoisotopic (exact) mass is 386 g/mol. The molecule has 0 radical (unpaired) electrons. The van der Waals surface area contributed by atoms with E-state index >= 15 is 0 Å². The highest BCUT2D eigenvalue weighted by Gasteiger charge is 2.18. The third-order valence-electron chi connectivity index (χ3n) is 3.52. The van der Waals surface area contributed by atoms with Crippen LogP contribution < -0.4 is 10.6 Å². The molecule has 0 aliphatic rings. The lowest BCUT2D eigenvalue weighted by molar-refractivity contribution is -0.117. The molecule has 2 N–H and O–H groups in total. The normalized spacial score (nSPS) is 11.6. The summed E-state index contributed by atoms with van der Waals surface area (Å²) in [6.45, 7) is 1.61. The molecular weight excluding hydrogens is 372 g/mol. The van der Waals surface area contributed by atoms with Crippen molar-refractivity contribution < 1.29 is 9.59 Å². The number of nitrogens with zero attached hydrogens (tertiary/aromatic N) is 2. The van der Waals surface area contributed by atoms with Crippen LogP contribution in [0.25, 0.3) is 10.6 Å². The number of hydrogen-bond donors (Lipinski definition) is 2. The van der Waals surface area contributed by atoms with E-state index in [2.05, 4.69) is 20.8 Å². The number of benzene rings is 2. The number of rotatable bonds is 5. The maximum atomic E-state index is 12.3. The highest BCUT2D eigenvalue weighted by atomic mass is 35.5. The van der Waals surface area contributed by atoms with Gasteiger partial charge in [0.05, 0.1) is 0 Å². The Hall–Kier alpha value is -2.77. The van der Waals surface area contributed by atoms with E-state index in [-0.39, 0.29) is 11.8 Å². The number of halogens is 1. The first kappa shape index (κ1) is 18.0. The zero-order valence-corrected chi connectivity index (χ0v) is 15.3. The smallest absolute Gasteiger partial charge is 0.251 e. The summed E-state index contributed by atoms with van der Waals surface area (Å²) in [7, 11) is 0. The quantitative estimate of drug-likeness (QED) is 0.701. The van der Waals surface area contributed by atoms with E-state index in [9.17, 15) is 9.59 Å². The van der Waals surface area contributed by atoms with Gasteiger partial charge in [-0.15, -0.1) is 10.2 Å². The lowest BCUT2D eigenvalue weighted by Crippen LogP contribution is -2.41. The summed E-state index contributed by atoms with van der Waals surface area (Å²) >= 11 is 7.11. The Morgan fingerprint density at radius 3 is 2.42 bits per heavy atom. The molecule has 1 aromatic heterocycles. The number of hydrogen-bond acceptors (Lipinski definition) is 5. The lowest BCUT2D eigenvalue weighted by Gasteiger charge is -2.12. The van der Waals surface area contributed by atoms with Crippen molar-refractivity contribution in [2.24, 2.45) is 0 Å². The van der Waals surface area contributed by atoms with E-state index in [1.54, 1.807) is 43.3 Å². The van der Waals surface area contributed by atoms with Gasteiger partial charge in [-0.05, 0) is 31.2 Å². The van der Waals surface area contributed by atoms with Crippen LogP contribution in [0.4, 0.5) is 5.13 Å². The first-order chi connectivity index (χ1) is 12.5. The van der Waals surface area contributed by atoms with Gasteiger partial charge in [0.25, 0.3) is 5.91 Å². The first-order valence-corrected chi connectivity index (χ1v) is 8.98. The first-order valence-electron chi connectivity index (χ1n) is 7.79. The molecule has 132 valence electrons. The lowest BCUT2D eigenvalue weighted by atomic mass is 10.2. The van der Waals surface area contributed by atoms with Crippen LogP contribution in [0.2, 0.25) is 5.02 Å². The molecule has 3 aromatic rings.